The van der Waals surface area contributed by atoms with Crippen LogP contribution in [0.1, 0.15) is 31.5 Å². The van der Waals surface area contributed by atoms with Crippen LogP contribution in [0.4, 0.5) is 23.4 Å². The molecule has 2 aromatic heterocycles. The van der Waals surface area contributed by atoms with Gasteiger partial charge in [-0.1, -0.05) is 24.3 Å². The molecule has 0 unspecified atom stereocenters. The standard InChI is InChI=1S/C28H29F4N5O3S/c29-21-4-2-1-3-20(21)16-25(39)37-9-7-36(8-10-37)23-6-5-19(17-33-23)15-22(38)26-27(28(30,31)32)34-24(41-26)18-35-11-13-40-14-12-35/h1-6,17H,7-16,18H2. The average molecular weight is 592 g/mol. The van der Waals surface area contributed by atoms with Gasteiger partial charge in [0.05, 0.1) is 26.2 Å². The number of aromatic nitrogens is 2. The molecule has 0 atom stereocenters. The average Bonchev–Trinajstić information content (AvgIpc) is 3.40. The number of pyridine rings is 1. The molecule has 2 aliphatic heterocycles. The maximum atomic E-state index is 13.9. The highest BCUT2D eigenvalue weighted by molar-refractivity contribution is 7.13. The number of piperazine rings is 1. The van der Waals surface area contributed by atoms with E-state index >= 15 is 0 Å². The molecule has 0 radical (unpaired) electrons. The number of amides is 1. The van der Waals surface area contributed by atoms with Crippen molar-refractivity contribution in [2.75, 3.05) is 57.4 Å². The second-order valence-electron chi connectivity index (χ2n) is 9.93. The zero-order valence-corrected chi connectivity index (χ0v) is 23.0. The molecule has 41 heavy (non-hydrogen) atoms. The van der Waals surface area contributed by atoms with Crippen molar-refractivity contribution in [1.29, 1.82) is 0 Å². The normalized spacial score (nSPS) is 16.7. The summed E-state index contributed by atoms with van der Waals surface area (Å²) in [5.74, 6) is -0.560. The predicted molar refractivity (Wildman–Crippen MR) is 144 cm³/mol. The van der Waals surface area contributed by atoms with E-state index in [1.165, 1.54) is 12.3 Å². The first-order chi connectivity index (χ1) is 19.7. The highest BCUT2D eigenvalue weighted by Crippen LogP contribution is 2.35. The Morgan fingerprint density at radius 2 is 1.68 bits per heavy atom. The number of carbonyl (C=O) groups excluding carboxylic acids is 2. The monoisotopic (exact) mass is 591 g/mol. The minimum absolute atomic E-state index is 0.00181. The number of morpholine rings is 1. The van der Waals surface area contributed by atoms with Crippen LogP contribution in [-0.4, -0.2) is 83.9 Å². The number of benzene rings is 1. The van der Waals surface area contributed by atoms with Gasteiger partial charge in [0.2, 0.25) is 5.91 Å². The molecule has 13 heteroatoms. The van der Waals surface area contributed by atoms with Crippen molar-refractivity contribution in [3.63, 3.8) is 0 Å². The highest BCUT2D eigenvalue weighted by atomic mass is 32.1. The van der Waals surface area contributed by atoms with Gasteiger partial charge in [0.15, 0.2) is 11.5 Å². The van der Waals surface area contributed by atoms with Crippen LogP contribution >= 0.6 is 11.3 Å². The van der Waals surface area contributed by atoms with E-state index < -0.39 is 23.5 Å². The summed E-state index contributed by atoms with van der Waals surface area (Å²) in [4.78, 5) is 39.0. The van der Waals surface area contributed by atoms with Crippen LogP contribution in [0.25, 0.3) is 0 Å². The smallest absolute Gasteiger partial charge is 0.379 e. The molecule has 5 rings (SSSR count). The molecule has 8 nitrogen and oxygen atoms in total. The Morgan fingerprint density at radius 1 is 0.951 bits per heavy atom. The van der Waals surface area contributed by atoms with Crippen molar-refractivity contribution in [2.24, 2.45) is 0 Å². The second-order valence-corrected chi connectivity index (χ2v) is 11.0. The fourth-order valence-electron chi connectivity index (χ4n) is 4.84. The highest BCUT2D eigenvalue weighted by Gasteiger charge is 2.39. The summed E-state index contributed by atoms with van der Waals surface area (Å²) in [5, 5.41) is 0.252. The zero-order chi connectivity index (χ0) is 29.0. The van der Waals surface area contributed by atoms with E-state index in [-0.39, 0.29) is 35.2 Å². The molecule has 1 amide bonds. The van der Waals surface area contributed by atoms with Crippen LogP contribution in [0.2, 0.25) is 0 Å². The summed E-state index contributed by atoms with van der Waals surface area (Å²) in [7, 11) is 0. The number of ketones is 1. The maximum absolute atomic E-state index is 13.9. The van der Waals surface area contributed by atoms with E-state index in [2.05, 4.69) is 9.97 Å². The van der Waals surface area contributed by atoms with Crippen LogP contribution in [0.3, 0.4) is 0 Å². The third-order valence-corrected chi connectivity index (χ3v) is 8.17. The van der Waals surface area contributed by atoms with Gasteiger partial charge in [-0.3, -0.25) is 14.5 Å². The molecule has 218 valence electrons. The Morgan fingerprint density at radius 3 is 2.34 bits per heavy atom. The number of hydrogen-bond donors (Lipinski definition) is 0. The number of hydrogen-bond acceptors (Lipinski definition) is 8. The largest absolute Gasteiger partial charge is 0.434 e. The van der Waals surface area contributed by atoms with E-state index in [9.17, 15) is 27.2 Å². The fourth-order valence-corrected chi connectivity index (χ4v) is 5.90. The number of halogens is 4. The predicted octanol–water partition coefficient (Wildman–Crippen LogP) is 3.84. The van der Waals surface area contributed by atoms with Gasteiger partial charge in [-0.2, -0.15) is 13.2 Å². The Labute approximate surface area is 238 Å². The molecule has 0 saturated carbocycles. The molecule has 3 aromatic rings. The van der Waals surface area contributed by atoms with E-state index in [0.717, 1.165) is 11.3 Å². The zero-order valence-electron chi connectivity index (χ0n) is 22.2. The number of thiazole rings is 1. The van der Waals surface area contributed by atoms with Gasteiger partial charge in [0.1, 0.15) is 21.5 Å². The van der Waals surface area contributed by atoms with Crippen molar-refractivity contribution in [3.8, 4) is 0 Å². The Hall–Kier alpha value is -3.42. The van der Waals surface area contributed by atoms with Crippen LogP contribution in [0.5, 0.6) is 0 Å². The number of anilines is 1. The van der Waals surface area contributed by atoms with Crippen LogP contribution in [-0.2, 0) is 35.1 Å². The van der Waals surface area contributed by atoms with E-state index in [1.54, 1.807) is 35.2 Å². The fraction of sp³-hybridized carbons (Fsp3) is 0.429. The van der Waals surface area contributed by atoms with Crippen molar-refractivity contribution in [3.05, 3.63) is 75.1 Å². The first-order valence-electron chi connectivity index (χ1n) is 13.3. The third-order valence-electron chi connectivity index (χ3n) is 7.09. The number of carbonyl (C=O) groups is 2. The lowest BCUT2D eigenvalue weighted by Crippen LogP contribution is -2.49. The van der Waals surface area contributed by atoms with E-state index in [4.69, 9.17) is 4.74 Å². The number of ether oxygens (including phenoxy) is 1. The van der Waals surface area contributed by atoms with Gasteiger partial charge in [0, 0.05) is 51.9 Å². The molecule has 1 aromatic carbocycles. The van der Waals surface area contributed by atoms with Crippen LogP contribution in [0, 0.1) is 5.82 Å². The summed E-state index contributed by atoms with van der Waals surface area (Å²) >= 11 is 0.792. The van der Waals surface area contributed by atoms with Crippen molar-refractivity contribution >= 4 is 28.8 Å². The third kappa shape index (κ3) is 7.27. The van der Waals surface area contributed by atoms with Crippen molar-refractivity contribution < 1.29 is 31.9 Å². The number of nitrogens with zero attached hydrogens (tertiary/aromatic N) is 5. The minimum Gasteiger partial charge on any atom is -0.379 e. The Balaban J connectivity index is 1.18. The second kappa shape index (κ2) is 12.6. The van der Waals surface area contributed by atoms with Gasteiger partial charge in [-0.25, -0.2) is 14.4 Å². The lowest BCUT2D eigenvalue weighted by Gasteiger charge is -2.35. The van der Waals surface area contributed by atoms with Crippen LogP contribution in [0.15, 0.2) is 42.6 Å². The molecule has 4 heterocycles. The van der Waals surface area contributed by atoms with Crippen molar-refractivity contribution in [2.45, 2.75) is 25.6 Å². The molecule has 2 aliphatic rings. The summed E-state index contributed by atoms with van der Waals surface area (Å²) in [6.07, 6.45) is -3.47. The van der Waals surface area contributed by atoms with Gasteiger partial charge in [-0.05, 0) is 23.3 Å². The SMILES string of the molecule is O=C(Cc1ccc(N2CCN(C(=O)Cc3ccccc3F)CC2)nc1)c1sc(CN2CCOCC2)nc1C(F)(F)F. The molecule has 0 N–H and O–H groups in total. The molecular formula is C28H29F4N5O3S. The summed E-state index contributed by atoms with van der Waals surface area (Å²) in [6.45, 7) is 4.41. The first-order valence-corrected chi connectivity index (χ1v) is 14.1. The Bertz CT molecular complexity index is 1370. The number of Topliss-reactive ketones (excluding diaryl/α,β-unsaturated/α-hetero) is 1. The molecule has 2 fully saturated rings. The van der Waals surface area contributed by atoms with Gasteiger partial charge in [-0.15, -0.1) is 11.3 Å². The number of alkyl halides is 3. The van der Waals surface area contributed by atoms with Crippen molar-refractivity contribution in [1.82, 2.24) is 19.8 Å². The van der Waals surface area contributed by atoms with Gasteiger partial charge < -0.3 is 14.5 Å². The Kier molecular flexibility index (Phi) is 8.95. The number of rotatable bonds is 8. The lowest BCUT2D eigenvalue weighted by atomic mass is 10.1. The maximum Gasteiger partial charge on any atom is 0.434 e. The molecule has 0 spiro atoms. The van der Waals surface area contributed by atoms with E-state index in [1.807, 2.05) is 9.80 Å². The minimum atomic E-state index is -4.73. The molecule has 0 bridgehead atoms. The van der Waals surface area contributed by atoms with Crippen LogP contribution < -0.4 is 4.90 Å². The van der Waals surface area contributed by atoms with Gasteiger partial charge >= 0.3 is 6.18 Å². The first kappa shape index (κ1) is 29.1. The lowest BCUT2D eigenvalue weighted by molar-refractivity contribution is -0.141. The molecule has 0 aliphatic carbocycles. The topological polar surface area (TPSA) is 78.9 Å². The quantitative estimate of drug-likeness (QED) is 0.291. The summed E-state index contributed by atoms with van der Waals surface area (Å²) in [6, 6.07) is 9.62. The summed E-state index contributed by atoms with van der Waals surface area (Å²) in [5.41, 5.74) is -0.280. The summed E-state index contributed by atoms with van der Waals surface area (Å²) < 4.78 is 60.3. The van der Waals surface area contributed by atoms with E-state index in [0.29, 0.717) is 69.4 Å². The van der Waals surface area contributed by atoms with Gasteiger partial charge in [0.25, 0.3) is 0 Å². The molecular weight excluding hydrogens is 562 g/mol. The molecule has 2 saturated heterocycles.